The third-order valence-electron chi connectivity index (χ3n) is 3.18. The predicted molar refractivity (Wildman–Crippen MR) is 77.5 cm³/mol. The van der Waals surface area contributed by atoms with E-state index in [1.54, 1.807) is 19.1 Å². The zero-order chi connectivity index (χ0) is 15.6. The summed E-state index contributed by atoms with van der Waals surface area (Å²) in [5, 5.41) is 0. The molecule has 0 atom stereocenters. The molecule has 1 aromatic heterocycles. The Morgan fingerprint density at radius 3 is 2.67 bits per heavy atom. The average Bonchev–Trinajstić information content (AvgIpc) is 2.92. The monoisotopic (exact) mass is 312 g/mol. The highest BCUT2D eigenvalue weighted by Gasteiger charge is 2.26. The van der Waals surface area contributed by atoms with E-state index >= 15 is 0 Å². The van der Waals surface area contributed by atoms with Gasteiger partial charge in [0.05, 0.1) is 23.4 Å². The normalized spacial score (nSPS) is 12.0. The van der Waals surface area contributed by atoms with Crippen LogP contribution in [0.3, 0.4) is 0 Å². The summed E-state index contributed by atoms with van der Waals surface area (Å²) in [7, 11) is -3.77. The largest absolute Gasteiger partial charge is 0.468 e. The molecule has 0 aliphatic heterocycles. The van der Waals surface area contributed by atoms with Gasteiger partial charge >= 0.3 is 0 Å². The Morgan fingerprint density at radius 2 is 2.10 bits per heavy atom. The van der Waals surface area contributed by atoms with Crippen molar-refractivity contribution in [3.05, 3.63) is 47.7 Å². The number of nitrogens with zero attached hydrogens (tertiary/aromatic N) is 1. The molecule has 0 aliphatic rings. The Kier molecular flexibility index (Phi) is 4.34. The van der Waals surface area contributed by atoms with Gasteiger partial charge in [-0.25, -0.2) is 12.8 Å². The van der Waals surface area contributed by atoms with Crippen LogP contribution < -0.4 is 5.73 Å². The van der Waals surface area contributed by atoms with Crippen LogP contribution in [-0.4, -0.2) is 19.3 Å². The number of aryl methyl sites for hydroxylation is 1. The first-order valence-corrected chi connectivity index (χ1v) is 7.88. The number of furan rings is 1. The number of benzene rings is 1. The maximum absolute atomic E-state index is 13.4. The predicted octanol–water partition coefficient (Wildman–Crippen LogP) is 2.52. The van der Waals surface area contributed by atoms with E-state index < -0.39 is 15.8 Å². The SMILES string of the molecule is CCN(Cc1ccco1)S(=O)(=O)c1cc(N)c(F)cc1C. The second-order valence-corrected chi connectivity index (χ2v) is 6.56. The molecule has 0 amide bonds. The third kappa shape index (κ3) is 3.08. The summed E-state index contributed by atoms with van der Waals surface area (Å²) in [6.07, 6.45) is 1.48. The highest BCUT2D eigenvalue weighted by Crippen LogP contribution is 2.25. The van der Waals surface area contributed by atoms with Gasteiger partial charge in [0.1, 0.15) is 11.6 Å². The summed E-state index contributed by atoms with van der Waals surface area (Å²) in [6.45, 7) is 3.64. The molecule has 0 saturated heterocycles. The van der Waals surface area contributed by atoms with Crippen LogP contribution in [0.4, 0.5) is 10.1 Å². The van der Waals surface area contributed by atoms with Crippen LogP contribution in [0.25, 0.3) is 0 Å². The van der Waals surface area contributed by atoms with Gasteiger partial charge in [-0.3, -0.25) is 0 Å². The minimum absolute atomic E-state index is 0.00908. The lowest BCUT2D eigenvalue weighted by atomic mass is 10.2. The molecule has 0 bridgehead atoms. The molecule has 2 aromatic rings. The van der Waals surface area contributed by atoms with E-state index in [0.29, 0.717) is 11.3 Å². The molecule has 0 aliphatic carbocycles. The first-order chi connectivity index (χ1) is 9.86. The van der Waals surface area contributed by atoms with E-state index in [4.69, 9.17) is 10.2 Å². The molecule has 0 saturated carbocycles. The second-order valence-electron chi connectivity index (χ2n) is 4.65. The summed E-state index contributed by atoms with van der Waals surface area (Å²) >= 11 is 0. The number of halogens is 1. The molecular formula is C14H17FN2O3S. The molecule has 1 heterocycles. The van der Waals surface area contributed by atoms with Gasteiger partial charge in [-0.1, -0.05) is 6.92 Å². The van der Waals surface area contributed by atoms with Crippen molar-refractivity contribution in [3.63, 3.8) is 0 Å². The summed E-state index contributed by atoms with van der Waals surface area (Å²) < 4.78 is 45.2. The maximum atomic E-state index is 13.4. The van der Waals surface area contributed by atoms with Crippen molar-refractivity contribution < 1.29 is 17.2 Å². The highest BCUT2D eigenvalue weighted by molar-refractivity contribution is 7.89. The molecule has 2 N–H and O–H groups in total. The molecule has 0 unspecified atom stereocenters. The number of hydrogen-bond acceptors (Lipinski definition) is 4. The van der Waals surface area contributed by atoms with Crippen LogP contribution in [0.2, 0.25) is 0 Å². The van der Waals surface area contributed by atoms with Crippen molar-refractivity contribution in [3.8, 4) is 0 Å². The Morgan fingerprint density at radius 1 is 1.38 bits per heavy atom. The zero-order valence-corrected chi connectivity index (χ0v) is 12.7. The van der Waals surface area contributed by atoms with Crippen molar-refractivity contribution in [1.82, 2.24) is 4.31 Å². The number of sulfonamides is 1. The fourth-order valence-electron chi connectivity index (χ4n) is 2.03. The third-order valence-corrected chi connectivity index (χ3v) is 5.24. The Balaban J connectivity index is 2.42. The van der Waals surface area contributed by atoms with Gasteiger partial charge in [-0.2, -0.15) is 4.31 Å². The molecule has 0 radical (unpaired) electrons. The molecule has 2 rings (SSSR count). The summed E-state index contributed by atoms with van der Waals surface area (Å²) in [6, 6.07) is 5.68. The van der Waals surface area contributed by atoms with E-state index in [1.807, 2.05) is 0 Å². The molecule has 0 fully saturated rings. The van der Waals surface area contributed by atoms with E-state index in [-0.39, 0.29) is 23.7 Å². The highest BCUT2D eigenvalue weighted by atomic mass is 32.2. The fourth-order valence-corrected chi connectivity index (χ4v) is 3.69. The second kappa shape index (κ2) is 5.87. The molecule has 5 nitrogen and oxygen atoms in total. The van der Waals surface area contributed by atoms with E-state index in [9.17, 15) is 12.8 Å². The number of rotatable bonds is 5. The molecule has 7 heteroatoms. The molecule has 114 valence electrons. The Bertz CT molecular complexity index is 727. The van der Waals surface area contributed by atoms with Gasteiger partial charge in [0.15, 0.2) is 0 Å². The van der Waals surface area contributed by atoms with Crippen molar-refractivity contribution in [1.29, 1.82) is 0 Å². The number of nitrogens with two attached hydrogens (primary N) is 1. The Labute approximate surface area is 123 Å². The summed E-state index contributed by atoms with van der Waals surface area (Å²) in [4.78, 5) is 0.00908. The molecule has 1 aromatic carbocycles. The van der Waals surface area contributed by atoms with Crippen LogP contribution >= 0.6 is 0 Å². The van der Waals surface area contributed by atoms with E-state index in [0.717, 1.165) is 12.1 Å². The first kappa shape index (κ1) is 15.5. The van der Waals surface area contributed by atoms with Crippen LogP contribution in [-0.2, 0) is 16.6 Å². The number of nitrogen functional groups attached to an aromatic ring is 1. The van der Waals surface area contributed by atoms with E-state index in [2.05, 4.69) is 0 Å². The lowest BCUT2D eigenvalue weighted by molar-refractivity contribution is 0.375. The topological polar surface area (TPSA) is 76.5 Å². The van der Waals surface area contributed by atoms with Crippen LogP contribution in [0, 0.1) is 12.7 Å². The molecule has 21 heavy (non-hydrogen) atoms. The maximum Gasteiger partial charge on any atom is 0.243 e. The van der Waals surface area contributed by atoms with Gasteiger partial charge in [0.2, 0.25) is 10.0 Å². The smallest absolute Gasteiger partial charge is 0.243 e. The summed E-state index contributed by atoms with van der Waals surface area (Å²) in [5.41, 5.74) is 5.62. The van der Waals surface area contributed by atoms with Gasteiger partial charge in [-0.05, 0) is 36.8 Å². The van der Waals surface area contributed by atoms with Crippen LogP contribution in [0.1, 0.15) is 18.2 Å². The molecule has 0 spiro atoms. The van der Waals surface area contributed by atoms with Gasteiger partial charge in [0, 0.05) is 6.54 Å². The fraction of sp³-hybridized carbons (Fsp3) is 0.286. The van der Waals surface area contributed by atoms with Crippen molar-refractivity contribution in [2.45, 2.75) is 25.3 Å². The number of hydrogen-bond donors (Lipinski definition) is 1. The summed E-state index contributed by atoms with van der Waals surface area (Å²) in [5.74, 6) is -0.0892. The van der Waals surface area contributed by atoms with E-state index in [1.165, 1.54) is 17.5 Å². The first-order valence-electron chi connectivity index (χ1n) is 6.44. The van der Waals surface area contributed by atoms with Gasteiger partial charge in [0.25, 0.3) is 0 Å². The zero-order valence-electron chi connectivity index (χ0n) is 11.8. The minimum Gasteiger partial charge on any atom is -0.468 e. The Hall–Kier alpha value is -1.86. The van der Waals surface area contributed by atoms with Crippen molar-refractivity contribution >= 4 is 15.7 Å². The van der Waals surface area contributed by atoms with Crippen LogP contribution in [0.15, 0.2) is 39.8 Å². The average molecular weight is 312 g/mol. The quantitative estimate of drug-likeness (QED) is 0.861. The van der Waals surface area contributed by atoms with Crippen LogP contribution in [0.5, 0.6) is 0 Å². The van der Waals surface area contributed by atoms with Gasteiger partial charge in [-0.15, -0.1) is 0 Å². The lowest BCUT2D eigenvalue weighted by Gasteiger charge is -2.21. The minimum atomic E-state index is -3.77. The molecular weight excluding hydrogens is 295 g/mol. The lowest BCUT2D eigenvalue weighted by Crippen LogP contribution is -2.31. The van der Waals surface area contributed by atoms with Crippen molar-refractivity contribution in [2.75, 3.05) is 12.3 Å². The standard InChI is InChI=1S/C14H17FN2O3S/c1-3-17(9-11-5-4-6-20-11)21(18,19)14-8-13(16)12(15)7-10(14)2/h4-8H,3,9,16H2,1-2H3. The van der Waals surface area contributed by atoms with Crippen molar-refractivity contribution in [2.24, 2.45) is 0 Å². The van der Waals surface area contributed by atoms with Gasteiger partial charge < -0.3 is 10.2 Å². The number of anilines is 1.